The third-order valence-electron chi connectivity index (χ3n) is 1.28. The Kier molecular flexibility index (Phi) is 5.17. The second-order valence-corrected chi connectivity index (χ2v) is 2.35. The fourth-order valence-corrected chi connectivity index (χ4v) is 0.619. The van der Waals surface area contributed by atoms with Crippen LogP contribution >= 0.6 is 0 Å². The zero-order valence-electron chi connectivity index (χ0n) is 7.30. The second-order valence-electron chi connectivity index (χ2n) is 2.35. The van der Waals surface area contributed by atoms with Crippen LogP contribution in [0.4, 0.5) is 0 Å². The summed E-state index contributed by atoms with van der Waals surface area (Å²) in [5.74, 6) is 0.617. The maximum absolute atomic E-state index is 5.62. The zero-order chi connectivity index (χ0) is 8.69. The lowest BCUT2D eigenvalue weighted by Gasteiger charge is -1.97. The standard InChI is InChI=1S/C9H16N2/c1-4-6-8(3)9(10)11-7-5-2/h4,6H,1,5,7H2,2-3H3,(H2,10,11)/b8-6+. The number of aliphatic imine (C=N–C) groups is 1. The Morgan fingerprint density at radius 2 is 2.27 bits per heavy atom. The largest absolute Gasteiger partial charge is 0.384 e. The minimum absolute atomic E-state index is 0.617. The highest BCUT2D eigenvalue weighted by molar-refractivity contribution is 5.96. The first kappa shape index (κ1) is 9.95. The molecule has 62 valence electrons. The lowest BCUT2D eigenvalue weighted by Crippen LogP contribution is -2.13. The van der Waals surface area contributed by atoms with Gasteiger partial charge in [0.25, 0.3) is 0 Å². The van der Waals surface area contributed by atoms with E-state index in [9.17, 15) is 0 Å². The van der Waals surface area contributed by atoms with E-state index in [1.165, 1.54) is 0 Å². The smallest absolute Gasteiger partial charge is 0.121 e. The van der Waals surface area contributed by atoms with Gasteiger partial charge in [-0.1, -0.05) is 25.7 Å². The van der Waals surface area contributed by atoms with Crippen LogP contribution in [-0.4, -0.2) is 12.4 Å². The molecule has 0 bridgehead atoms. The van der Waals surface area contributed by atoms with Crippen molar-refractivity contribution < 1.29 is 0 Å². The number of hydrogen-bond donors (Lipinski definition) is 1. The van der Waals surface area contributed by atoms with Gasteiger partial charge in [0.05, 0.1) is 0 Å². The summed E-state index contributed by atoms with van der Waals surface area (Å²) >= 11 is 0. The Labute approximate surface area is 68.5 Å². The van der Waals surface area contributed by atoms with Crippen molar-refractivity contribution in [2.24, 2.45) is 10.7 Å². The topological polar surface area (TPSA) is 38.4 Å². The first-order chi connectivity index (χ1) is 5.22. The van der Waals surface area contributed by atoms with Crippen molar-refractivity contribution in [3.8, 4) is 0 Å². The van der Waals surface area contributed by atoms with Crippen LogP contribution in [-0.2, 0) is 0 Å². The van der Waals surface area contributed by atoms with Gasteiger partial charge in [-0.25, -0.2) is 0 Å². The number of rotatable bonds is 4. The minimum Gasteiger partial charge on any atom is -0.384 e. The van der Waals surface area contributed by atoms with Crippen LogP contribution in [0.15, 0.2) is 29.3 Å². The number of nitrogens with zero attached hydrogens (tertiary/aromatic N) is 1. The van der Waals surface area contributed by atoms with Crippen LogP contribution < -0.4 is 5.73 Å². The maximum Gasteiger partial charge on any atom is 0.121 e. The summed E-state index contributed by atoms with van der Waals surface area (Å²) in [4.78, 5) is 4.14. The molecule has 0 saturated carbocycles. The highest BCUT2D eigenvalue weighted by atomic mass is 14.8. The number of nitrogens with two attached hydrogens (primary N) is 1. The molecule has 0 spiro atoms. The van der Waals surface area contributed by atoms with Gasteiger partial charge in [0.1, 0.15) is 5.84 Å². The van der Waals surface area contributed by atoms with Crippen molar-refractivity contribution >= 4 is 5.84 Å². The van der Waals surface area contributed by atoms with Gasteiger partial charge in [0, 0.05) is 6.54 Å². The molecule has 0 amide bonds. The molecule has 0 aromatic carbocycles. The molecule has 0 atom stereocenters. The molecule has 0 aliphatic rings. The molecule has 0 aliphatic carbocycles. The first-order valence-corrected chi connectivity index (χ1v) is 3.82. The SMILES string of the molecule is C=C/C=C(\C)C(N)=NCCC. The predicted molar refractivity (Wildman–Crippen MR) is 50.7 cm³/mol. The molecule has 2 nitrogen and oxygen atoms in total. The maximum atomic E-state index is 5.62. The van der Waals surface area contributed by atoms with Crippen molar-refractivity contribution in [2.75, 3.05) is 6.54 Å². The van der Waals surface area contributed by atoms with Crippen LogP contribution in [0.5, 0.6) is 0 Å². The van der Waals surface area contributed by atoms with E-state index in [4.69, 9.17) is 5.73 Å². The van der Waals surface area contributed by atoms with Crippen molar-refractivity contribution in [3.05, 3.63) is 24.3 Å². The summed E-state index contributed by atoms with van der Waals surface area (Å²) < 4.78 is 0. The number of amidine groups is 1. The van der Waals surface area contributed by atoms with Crippen LogP contribution in [0.2, 0.25) is 0 Å². The average molecular weight is 152 g/mol. The Morgan fingerprint density at radius 1 is 1.64 bits per heavy atom. The molecule has 0 rings (SSSR count). The van der Waals surface area contributed by atoms with Gasteiger partial charge < -0.3 is 5.73 Å². The fourth-order valence-electron chi connectivity index (χ4n) is 0.619. The van der Waals surface area contributed by atoms with Gasteiger partial charge >= 0.3 is 0 Å². The minimum atomic E-state index is 0.617. The summed E-state index contributed by atoms with van der Waals surface area (Å²) in [7, 11) is 0. The average Bonchev–Trinajstić information content (AvgIpc) is 2.00. The summed E-state index contributed by atoms with van der Waals surface area (Å²) in [6, 6.07) is 0. The molecule has 0 unspecified atom stereocenters. The van der Waals surface area contributed by atoms with Crippen molar-refractivity contribution in [1.29, 1.82) is 0 Å². The summed E-state index contributed by atoms with van der Waals surface area (Å²) in [6.45, 7) is 8.38. The summed E-state index contributed by atoms with van der Waals surface area (Å²) in [5, 5.41) is 0. The highest BCUT2D eigenvalue weighted by Crippen LogP contribution is 1.93. The highest BCUT2D eigenvalue weighted by Gasteiger charge is 1.91. The van der Waals surface area contributed by atoms with Gasteiger partial charge in [-0.05, 0) is 18.9 Å². The van der Waals surface area contributed by atoms with Crippen LogP contribution in [0.25, 0.3) is 0 Å². The molecule has 0 aromatic rings. The molecule has 11 heavy (non-hydrogen) atoms. The monoisotopic (exact) mass is 152 g/mol. The van der Waals surface area contributed by atoms with E-state index in [0.717, 1.165) is 18.5 Å². The van der Waals surface area contributed by atoms with E-state index in [1.54, 1.807) is 6.08 Å². The summed E-state index contributed by atoms with van der Waals surface area (Å²) in [6.07, 6.45) is 4.60. The molecule has 0 aliphatic heterocycles. The third-order valence-corrected chi connectivity index (χ3v) is 1.28. The predicted octanol–water partition coefficient (Wildman–Crippen LogP) is 1.89. The fraction of sp³-hybridized carbons (Fsp3) is 0.444. The molecule has 2 heteroatoms. The Hall–Kier alpha value is -1.05. The zero-order valence-corrected chi connectivity index (χ0v) is 7.30. The molecule has 0 heterocycles. The van der Waals surface area contributed by atoms with E-state index in [2.05, 4.69) is 18.5 Å². The molecule has 0 aromatic heterocycles. The van der Waals surface area contributed by atoms with Gasteiger partial charge in [-0.2, -0.15) is 0 Å². The van der Waals surface area contributed by atoms with Gasteiger partial charge in [0.15, 0.2) is 0 Å². The number of hydrogen-bond acceptors (Lipinski definition) is 1. The van der Waals surface area contributed by atoms with Gasteiger partial charge in [-0.3, -0.25) is 4.99 Å². The van der Waals surface area contributed by atoms with E-state index in [1.807, 2.05) is 13.0 Å². The Balaban J connectivity index is 4.10. The first-order valence-electron chi connectivity index (χ1n) is 3.82. The molecule has 0 saturated heterocycles. The molecular formula is C9H16N2. The molecular weight excluding hydrogens is 136 g/mol. The van der Waals surface area contributed by atoms with E-state index >= 15 is 0 Å². The van der Waals surface area contributed by atoms with Crippen LogP contribution in [0.3, 0.4) is 0 Å². The van der Waals surface area contributed by atoms with Crippen molar-refractivity contribution in [2.45, 2.75) is 20.3 Å². The van der Waals surface area contributed by atoms with Crippen LogP contribution in [0, 0.1) is 0 Å². The van der Waals surface area contributed by atoms with E-state index < -0.39 is 0 Å². The van der Waals surface area contributed by atoms with Crippen molar-refractivity contribution in [3.63, 3.8) is 0 Å². The van der Waals surface area contributed by atoms with E-state index in [0.29, 0.717) is 5.84 Å². The lowest BCUT2D eigenvalue weighted by atomic mass is 10.2. The van der Waals surface area contributed by atoms with Crippen molar-refractivity contribution in [1.82, 2.24) is 0 Å². The Bertz CT molecular complexity index is 178. The molecule has 0 radical (unpaired) electrons. The normalized spacial score (nSPS) is 13.3. The van der Waals surface area contributed by atoms with Gasteiger partial charge in [-0.15, -0.1) is 0 Å². The molecule has 0 fully saturated rings. The number of allylic oxidation sites excluding steroid dienone is 2. The Morgan fingerprint density at radius 3 is 2.73 bits per heavy atom. The lowest BCUT2D eigenvalue weighted by molar-refractivity contribution is 0.929. The van der Waals surface area contributed by atoms with Gasteiger partial charge in [0.2, 0.25) is 0 Å². The third kappa shape index (κ3) is 4.37. The quantitative estimate of drug-likeness (QED) is 0.373. The van der Waals surface area contributed by atoms with E-state index in [-0.39, 0.29) is 0 Å². The molecule has 2 N–H and O–H groups in total. The van der Waals surface area contributed by atoms with Crippen LogP contribution in [0.1, 0.15) is 20.3 Å². The summed E-state index contributed by atoms with van der Waals surface area (Å²) in [5.41, 5.74) is 6.60. The second kappa shape index (κ2) is 5.71.